The zero-order chi connectivity index (χ0) is 15.7. The molecule has 0 bridgehead atoms. The van der Waals surface area contributed by atoms with Crippen molar-refractivity contribution in [2.24, 2.45) is 0 Å². The normalized spacial score (nSPS) is 14.6. The zero-order valence-electron chi connectivity index (χ0n) is 14.1. The lowest BCUT2D eigenvalue weighted by molar-refractivity contribution is 0.0946. The summed E-state index contributed by atoms with van der Waals surface area (Å²) in [4.78, 5) is 2.47. The Labute approximate surface area is 130 Å². The number of aliphatic hydroxyl groups excluding tert-OH is 1. The van der Waals surface area contributed by atoms with Gasteiger partial charge in [-0.05, 0) is 39.4 Å². The third-order valence-corrected chi connectivity index (χ3v) is 4.33. The summed E-state index contributed by atoms with van der Waals surface area (Å²) in [5.74, 6) is 0. The Kier molecular flexibility index (Phi) is 7.94. The number of nitrogens with one attached hydrogen (secondary N) is 1. The Balaban J connectivity index is 2.88. The van der Waals surface area contributed by atoms with Crippen LogP contribution in [0.4, 0.5) is 0 Å². The molecule has 1 unspecified atom stereocenters. The van der Waals surface area contributed by atoms with Crippen LogP contribution < -0.4 is 5.32 Å². The van der Waals surface area contributed by atoms with E-state index in [1.807, 2.05) is 25.2 Å². The number of aliphatic hydroxyl groups is 1. The minimum atomic E-state index is -0.391. The van der Waals surface area contributed by atoms with Crippen LogP contribution in [0.3, 0.4) is 0 Å². The lowest BCUT2D eigenvalue weighted by Crippen LogP contribution is -2.53. The molecule has 1 rings (SSSR count). The first-order valence-electron chi connectivity index (χ1n) is 8.19. The van der Waals surface area contributed by atoms with Crippen LogP contribution in [-0.4, -0.2) is 42.8 Å². The van der Waals surface area contributed by atoms with Crippen LogP contribution in [0.15, 0.2) is 30.3 Å². The van der Waals surface area contributed by atoms with Crippen LogP contribution in [0.25, 0.3) is 0 Å². The highest BCUT2D eigenvalue weighted by Gasteiger charge is 2.32. The highest BCUT2D eigenvalue weighted by Crippen LogP contribution is 2.23. The van der Waals surface area contributed by atoms with Crippen molar-refractivity contribution >= 4 is 0 Å². The van der Waals surface area contributed by atoms with Crippen molar-refractivity contribution in [3.63, 3.8) is 0 Å². The van der Waals surface area contributed by atoms with Gasteiger partial charge < -0.3 is 10.4 Å². The van der Waals surface area contributed by atoms with E-state index in [2.05, 4.69) is 43.1 Å². The largest absolute Gasteiger partial charge is 0.394 e. The third kappa shape index (κ3) is 5.10. The molecule has 0 radical (unpaired) electrons. The van der Waals surface area contributed by atoms with E-state index in [0.29, 0.717) is 6.04 Å². The molecule has 0 aliphatic carbocycles. The van der Waals surface area contributed by atoms with Crippen molar-refractivity contribution < 1.29 is 5.11 Å². The van der Waals surface area contributed by atoms with Crippen molar-refractivity contribution in [3.05, 3.63) is 35.9 Å². The SMILES string of the molecule is CCCCCN(CC(CO)(NC)c1ccccc1)C(C)C. The van der Waals surface area contributed by atoms with Crippen molar-refractivity contribution in [2.45, 2.75) is 51.6 Å². The van der Waals surface area contributed by atoms with Gasteiger partial charge in [-0.3, -0.25) is 4.90 Å². The fourth-order valence-corrected chi connectivity index (χ4v) is 2.72. The summed E-state index contributed by atoms with van der Waals surface area (Å²) < 4.78 is 0. The number of hydrogen-bond donors (Lipinski definition) is 2. The first-order valence-corrected chi connectivity index (χ1v) is 8.19. The summed E-state index contributed by atoms with van der Waals surface area (Å²) in [6.45, 7) is 8.70. The maximum atomic E-state index is 10.0. The van der Waals surface area contributed by atoms with Gasteiger partial charge in [0.05, 0.1) is 12.1 Å². The highest BCUT2D eigenvalue weighted by atomic mass is 16.3. The summed E-state index contributed by atoms with van der Waals surface area (Å²) in [6.07, 6.45) is 3.72. The van der Waals surface area contributed by atoms with E-state index in [-0.39, 0.29) is 6.61 Å². The van der Waals surface area contributed by atoms with E-state index in [4.69, 9.17) is 0 Å². The van der Waals surface area contributed by atoms with Crippen molar-refractivity contribution in [2.75, 3.05) is 26.7 Å². The zero-order valence-corrected chi connectivity index (χ0v) is 14.1. The van der Waals surface area contributed by atoms with Crippen LogP contribution in [0.2, 0.25) is 0 Å². The summed E-state index contributed by atoms with van der Waals surface area (Å²) in [6, 6.07) is 10.8. The number of rotatable bonds is 10. The molecule has 120 valence electrons. The van der Waals surface area contributed by atoms with E-state index in [9.17, 15) is 5.11 Å². The second-order valence-corrected chi connectivity index (χ2v) is 6.13. The fourth-order valence-electron chi connectivity index (χ4n) is 2.72. The summed E-state index contributed by atoms with van der Waals surface area (Å²) in [5.41, 5.74) is 0.758. The Morgan fingerprint density at radius 2 is 1.86 bits per heavy atom. The first-order chi connectivity index (χ1) is 10.1. The van der Waals surface area contributed by atoms with Gasteiger partial charge in [-0.15, -0.1) is 0 Å². The number of nitrogens with zero attached hydrogens (tertiary/aromatic N) is 1. The summed E-state index contributed by atoms with van der Waals surface area (Å²) in [5, 5.41) is 13.4. The van der Waals surface area contributed by atoms with E-state index in [1.165, 1.54) is 19.3 Å². The summed E-state index contributed by atoms with van der Waals surface area (Å²) in [7, 11) is 1.94. The van der Waals surface area contributed by atoms with Crippen molar-refractivity contribution in [1.29, 1.82) is 0 Å². The van der Waals surface area contributed by atoms with Crippen molar-refractivity contribution in [3.8, 4) is 0 Å². The number of unbranched alkanes of at least 4 members (excludes halogenated alkanes) is 2. The molecule has 0 saturated carbocycles. The monoisotopic (exact) mass is 292 g/mol. The lowest BCUT2D eigenvalue weighted by atomic mass is 9.89. The minimum absolute atomic E-state index is 0.102. The second kappa shape index (κ2) is 9.19. The molecule has 0 aromatic heterocycles. The lowest BCUT2D eigenvalue weighted by Gasteiger charge is -2.39. The molecule has 3 nitrogen and oxygen atoms in total. The van der Waals surface area contributed by atoms with Gasteiger partial charge in [0.15, 0.2) is 0 Å². The summed E-state index contributed by atoms with van der Waals surface area (Å²) >= 11 is 0. The van der Waals surface area contributed by atoms with Crippen LogP contribution in [0.1, 0.15) is 45.6 Å². The Hall–Kier alpha value is -0.900. The molecular formula is C18H32N2O. The van der Waals surface area contributed by atoms with Crippen LogP contribution >= 0.6 is 0 Å². The molecular weight excluding hydrogens is 260 g/mol. The first kappa shape index (κ1) is 18.1. The quantitative estimate of drug-likeness (QED) is 0.651. The smallest absolute Gasteiger partial charge is 0.0795 e. The maximum Gasteiger partial charge on any atom is 0.0795 e. The van der Waals surface area contributed by atoms with Crippen LogP contribution in [-0.2, 0) is 5.54 Å². The standard InChI is InChI=1S/C18H32N2O/c1-5-6-10-13-20(16(2)3)14-18(15-21,19-4)17-11-8-7-9-12-17/h7-9,11-12,16,19,21H,5-6,10,13-15H2,1-4H3. The molecule has 0 saturated heterocycles. The maximum absolute atomic E-state index is 10.0. The van der Waals surface area contributed by atoms with E-state index < -0.39 is 5.54 Å². The van der Waals surface area contributed by atoms with E-state index in [0.717, 1.165) is 18.7 Å². The third-order valence-electron chi connectivity index (χ3n) is 4.33. The molecule has 0 fully saturated rings. The average molecular weight is 292 g/mol. The van der Waals surface area contributed by atoms with Gasteiger partial charge in [-0.1, -0.05) is 50.1 Å². The molecule has 1 aromatic carbocycles. The van der Waals surface area contributed by atoms with E-state index >= 15 is 0 Å². The van der Waals surface area contributed by atoms with Gasteiger partial charge in [0, 0.05) is 12.6 Å². The van der Waals surface area contributed by atoms with Gasteiger partial charge in [0.2, 0.25) is 0 Å². The molecule has 3 heteroatoms. The topological polar surface area (TPSA) is 35.5 Å². The van der Waals surface area contributed by atoms with Gasteiger partial charge in [0.25, 0.3) is 0 Å². The molecule has 2 N–H and O–H groups in total. The molecule has 0 spiro atoms. The van der Waals surface area contributed by atoms with Crippen LogP contribution in [0, 0.1) is 0 Å². The molecule has 1 atom stereocenters. The minimum Gasteiger partial charge on any atom is -0.394 e. The van der Waals surface area contributed by atoms with Gasteiger partial charge >= 0.3 is 0 Å². The highest BCUT2D eigenvalue weighted by molar-refractivity contribution is 5.25. The Morgan fingerprint density at radius 1 is 1.19 bits per heavy atom. The van der Waals surface area contributed by atoms with Crippen molar-refractivity contribution in [1.82, 2.24) is 10.2 Å². The van der Waals surface area contributed by atoms with E-state index in [1.54, 1.807) is 0 Å². The molecule has 0 heterocycles. The molecule has 0 aliphatic rings. The molecule has 21 heavy (non-hydrogen) atoms. The number of likely N-dealkylation sites (N-methyl/N-ethyl adjacent to an activating group) is 1. The average Bonchev–Trinajstić information content (AvgIpc) is 2.52. The Morgan fingerprint density at radius 3 is 2.33 bits per heavy atom. The van der Waals surface area contributed by atoms with Gasteiger partial charge in [0.1, 0.15) is 0 Å². The van der Waals surface area contributed by atoms with Gasteiger partial charge in [-0.2, -0.15) is 0 Å². The predicted octanol–water partition coefficient (Wildman–Crippen LogP) is 2.99. The predicted molar refractivity (Wildman–Crippen MR) is 90.5 cm³/mol. The Bertz CT molecular complexity index is 374. The van der Waals surface area contributed by atoms with Gasteiger partial charge in [-0.25, -0.2) is 0 Å². The molecule has 0 amide bonds. The molecule has 1 aromatic rings. The number of hydrogen-bond acceptors (Lipinski definition) is 3. The van der Waals surface area contributed by atoms with Crippen LogP contribution in [0.5, 0.6) is 0 Å². The molecule has 0 aliphatic heterocycles. The number of benzene rings is 1. The second-order valence-electron chi connectivity index (χ2n) is 6.13. The fraction of sp³-hybridized carbons (Fsp3) is 0.667.